The summed E-state index contributed by atoms with van der Waals surface area (Å²) in [4.78, 5) is 17.0. The normalized spacial score (nSPS) is 11.3. The first-order valence-corrected chi connectivity index (χ1v) is 9.23. The Balaban J connectivity index is 1.57. The first kappa shape index (κ1) is 18.1. The zero-order valence-electron chi connectivity index (χ0n) is 16.1. The Morgan fingerprint density at radius 1 is 1.14 bits per heavy atom. The minimum Gasteiger partial charge on any atom is -0.324 e. The Morgan fingerprint density at radius 3 is 2.71 bits per heavy atom. The second-order valence-corrected chi connectivity index (χ2v) is 7.05. The standard InChI is InChI=1S/C22H21FN4O/c1-13-8-10-20(18(23)12-13)25-21(28)11-9-16-14(2)24-22-17-6-4-5-7-19(17)26-27(22)15(16)3/h4-8,10,12H,9,11H2,1-3H3,(H,25,28). The molecule has 4 aromatic rings. The van der Waals surface area contributed by atoms with Gasteiger partial charge in [0.25, 0.3) is 0 Å². The van der Waals surface area contributed by atoms with E-state index in [1.807, 2.05) is 49.6 Å². The monoisotopic (exact) mass is 376 g/mol. The molecule has 0 aliphatic carbocycles. The van der Waals surface area contributed by atoms with Crippen molar-refractivity contribution >= 4 is 28.1 Å². The first-order chi connectivity index (χ1) is 13.4. The minimum absolute atomic E-state index is 0.205. The molecule has 0 saturated heterocycles. The number of carbonyl (C=O) groups is 1. The summed E-state index contributed by atoms with van der Waals surface area (Å²) in [5.74, 6) is -0.653. The summed E-state index contributed by atoms with van der Waals surface area (Å²) < 4.78 is 15.8. The van der Waals surface area contributed by atoms with Crippen molar-refractivity contribution in [1.82, 2.24) is 14.6 Å². The number of amides is 1. The van der Waals surface area contributed by atoms with Crippen LogP contribution in [0.4, 0.5) is 10.1 Å². The third-order valence-electron chi connectivity index (χ3n) is 5.02. The van der Waals surface area contributed by atoms with Crippen LogP contribution in [0, 0.1) is 26.6 Å². The smallest absolute Gasteiger partial charge is 0.224 e. The lowest BCUT2D eigenvalue weighted by Gasteiger charge is -2.11. The molecule has 2 aromatic carbocycles. The van der Waals surface area contributed by atoms with Crippen molar-refractivity contribution in [2.24, 2.45) is 0 Å². The topological polar surface area (TPSA) is 59.3 Å². The van der Waals surface area contributed by atoms with E-state index in [0.717, 1.165) is 39.1 Å². The number of nitrogens with zero attached hydrogens (tertiary/aromatic N) is 3. The summed E-state index contributed by atoms with van der Waals surface area (Å²) >= 11 is 0. The number of halogens is 1. The lowest BCUT2D eigenvalue weighted by molar-refractivity contribution is -0.116. The van der Waals surface area contributed by atoms with Crippen LogP contribution in [0.25, 0.3) is 16.6 Å². The van der Waals surface area contributed by atoms with Crippen LogP contribution in [-0.4, -0.2) is 20.5 Å². The highest BCUT2D eigenvalue weighted by atomic mass is 19.1. The fourth-order valence-electron chi connectivity index (χ4n) is 3.51. The Bertz CT molecular complexity index is 1210. The molecule has 1 amide bonds. The molecule has 0 spiro atoms. The Kier molecular flexibility index (Phi) is 4.55. The van der Waals surface area contributed by atoms with Gasteiger partial charge in [-0.25, -0.2) is 13.9 Å². The molecule has 0 saturated carbocycles. The number of rotatable bonds is 4. The maximum absolute atomic E-state index is 13.9. The fourth-order valence-corrected chi connectivity index (χ4v) is 3.51. The van der Waals surface area contributed by atoms with E-state index in [2.05, 4.69) is 10.4 Å². The number of hydrogen-bond acceptors (Lipinski definition) is 3. The van der Waals surface area contributed by atoms with E-state index < -0.39 is 5.82 Å². The van der Waals surface area contributed by atoms with Crippen LogP contribution in [0.1, 0.15) is 28.9 Å². The third-order valence-corrected chi connectivity index (χ3v) is 5.02. The Morgan fingerprint density at radius 2 is 1.93 bits per heavy atom. The van der Waals surface area contributed by atoms with Crippen molar-refractivity contribution in [2.45, 2.75) is 33.6 Å². The number of nitrogens with one attached hydrogen (secondary N) is 1. The summed E-state index contributed by atoms with van der Waals surface area (Å²) in [5.41, 5.74) is 5.56. The third kappa shape index (κ3) is 3.22. The van der Waals surface area contributed by atoms with Gasteiger partial charge in [0.1, 0.15) is 5.82 Å². The lowest BCUT2D eigenvalue weighted by atomic mass is 10.1. The summed E-state index contributed by atoms with van der Waals surface area (Å²) in [6.45, 7) is 5.74. The van der Waals surface area contributed by atoms with Gasteiger partial charge >= 0.3 is 0 Å². The molecule has 0 aliphatic rings. The molecule has 1 N–H and O–H groups in total. The van der Waals surface area contributed by atoms with Crippen LogP contribution in [0.15, 0.2) is 42.5 Å². The van der Waals surface area contributed by atoms with Gasteiger partial charge < -0.3 is 5.32 Å². The largest absolute Gasteiger partial charge is 0.324 e. The van der Waals surface area contributed by atoms with Gasteiger partial charge in [-0.2, -0.15) is 5.10 Å². The van der Waals surface area contributed by atoms with Crippen molar-refractivity contribution in [3.8, 4) is 0 Å². The average molecular weight is 376 g/mol. The van der Waals surface area contributed by atoms with Crippen molar-refractivity contribution in [3.05, 3.63) is 70.8 Å². The molecule has 2 heterocycles. The number of anilines is 1. The second-order valence-electron chi connectivity index (χ2n) is 7.05. The molecule has 142 valence electrons. The highest BCUT2D eigenvalue weighted by molar-refractivity contribution is 5.92. The first-order valence-electron chi connectivity index (χ1n) is 9.23. The SMILES string of the molecule is Cc1ccc(NC(=O)CCc2c(C)nc3c4ccccc4nn3c2C)c(F)c1. The van der Waals surface area contributed by atoms with E-state index in [1.54, 1.807) is 12.1 Å². The van der Waals surface area contributed by atoms with Crippen molar-refractivity contribution < 1.29 is 9.18 Å². The molecule has 0 bridgehead atoms. The van der Waals surface area contributed by atoms with E-state index in [1.165, 1.54) is 6.07 Å². The van der Waals surface area contributed by atoms with Gasteiger partial charge in [-0.15, -0.1) is 0 Å². The van der Waals surface area contributed by atoms with Crippen LogP contribution in [-0.2, 0) is 11.2 Å². The van der Waals surface area contributed by atoms with Crippen molar-refractivity contribution in [2.75, 3.05) is 5.32 Å². The van der Waals surface area contributed by atoms with Gasteiger partial charge in [0.05, 0.1) is 11.2 Å². The van der Waals surface area contributed by atoms with Crippen LogP contribution >= 0.6 is 0 Å². The summed E-state index contributed by atoms with van der Waals surface area (Å²) in [6, 6.07) is 12.7. The number of benzene rings is 2. The zero-order chi connectivity index (χ0) is 19.8. The van der Waals surface area contributed by atoms with Gasteiger partial charge in [0, 0.05) is 23.2 Å². The molecule has 2 aromatic heterocycles. The number of hydrogen-bond donors (Lipinski definition) is 1. The molecule has 0 fully saturated rings. The van der Waals surface area contributed by atoms with Gasteiger partial charge in [-0.1, -0.05) is 18.2 Å². The van der Waals surface area contributed by atoms with E-state index in [4.69, 9.17) is 4.98 Å². The molecule has 4 rings (SSSR count). The number of aryl methyl sites for hydroxylation is 3. The number of aromatic nitrogens is 3. The highest BCUT2D eigenvalue weighted by Crippen LogP contribution is 2.23. The van der Waals surface area contributed by atoms with Crippen molar-refractivity contribution in [3.63, 3.8) is 0 Å². The molecule has 0 radical (unpaired) electrons. The van der Waals surface area contributed by atoms with Crippen LogP contribution < -0.4 is 5.32 Å². The summed E-state index contributed by atoms with van der Waals surface area (Å²) in [5, 5.41) is 8.29. The predicted molar refractivity (Wildman–Crippen MR) is 108 cm³/mol. The maximum atomic E-state index is 13.9. The molecular formula is C22H21FN4O. The highest BCUT2D eigenvalue weighted by Gasteiger charge is 2.15. The number of fused-ring (bicyclic) bond motifs is 3. The zero-order valence-corrected chi connectivity index (χ0v) is 16.1. The molecule has 6 heteroatoms. The van der Waals surface area contributed by atoms with E-state index in [-0.39, 0.29) is 18.0 Å². The average Bonchev–Trinajstić information content (AvgIpc) is 3.03. The molecular weight excluding hydrogens is 355 g/mol. The molecule has 5 nitrogen and oxygen atoms in total. The van der Waals surface area contributed by atoms with Gasteiger partial charge in [0.2, 0.25) is 5.91 Å². The van der Waals surface area contributed by atoms with Gasteiger partial charge in [-0.3, -0.25) is 4.79 Å². The Hall–Kier alpha value is -3.28. The van der Waals surface area contributed by atoms with Gasteiger partial charge in [0.15, 0.2) is 5.65 Å². The fraction of sp³-hybridized carbons (Fsp3) is 0.227. The van der Waals surface area contributed by atoms with E-state index >= 15 is 0 Å². The quantitative estimate of drug-likeness (QED) is 0.570. The maximum Gasteiger partial charge on any atom is 0.224 e. The lowest BCUT2D eigenvalue weighted by Crippen LogP contribution is -2.15. The molecule has 0 aliphatic heterocycles. The minimum atomic E-state index is -0.424. The van der Waals surface area contributed by atoms with Crippen LogP contribution in [0.3, 0.4) is 0 Å². The Labute approximate surface area is 162 Å². The number of carbonyl (C=O) groups excluding carboxylic acids is 1. The summed E-state index contributed by atoms with van der Waals surface area (Å²) in [6.07, 6.45) is 0.749. The van der Waals surface area contributed by atoms with Crippen LogP contribution in [0.5, 0.6) is 0 Å². The van der Waals surface area contributed by atoms with E-state index in [0.29, 0.717) is 6.42 Å². The van der Waals surface area contributed by atoms with Gasteiger partial charge in [-0.05, 0) is 62.6 Å². The second kappa shape index (κ2) is 7.03. The van der Waals surface area contributed by atoms with E-state index in [9.17, 15) is 9.18 Å². The van der Waals surface area contributed by atoms with Crippen LogP contribution in [0.2, 0.25) is 0 Å². The molecule has 28 heavy (non-hydrogen) atoms. The summed E-state index contributed by atoms with van der Waals surface area (Å²) in [7, 11) is 0. The predicted octanol–water partition coefficient (Wildman–Crippen LogP) is 4.52. The van der Waals surface area contributed by atoms with Crippen molar-refractivity contribution in [1.29, 1.82) is 0 Å². The molecule has 0 unspecified atom stereocenters. The molecule has 0 atom stereocenters.